The van der Waals surface area contributed by atoms with E-state index in [0.29, 0.717) is 12.1 Å². The molecule has 2 rings (SSSR count). The molecule has 1 aliphatic rings. The Morgan fingerprint density at radius 3 is 2.80 bits per heavy atom. The molecule has 0 spiro atoms. The molecular formula is C16H29N3O. The Bertz CT molecular complexity index is 427. The zero-order valence-electron chi connectivity index (χ0n) is 13.6. The lowest BCUT2D eigenvalue weighted by atomic mass is 10.2. The molecule has 0 saturated carbocycles. The Labute approximate surface area is 123 Å². The molecule has 1 saturated heterocycles. The first kappa shape index (κ1) is 15.5. The maximum Gasteiger partial charge on any atom is 0.118 e. The third-order valence-corrected chi connectivity index (χ3v) is 4.10. The number of aryl methyl sites for hydroxylation is 1. The van der Waals surface area contributed by atoms with Crippen LogP contribution in [0.15, 0.2) is 10.5 Å². The van der Waals surface area contributed by atoms with Crippen LogP contribution in [0.25, 0.3) is 0 Å². The maximum absolute atomic E-state index is 5.93. The van der Waals surface area contributed by atoms with Crippen molar-refractivity contribution in [1.82, 2.24) is 15.1 Å². The van der Waals surface area contributed by atoms with Crippen molar-refractivity contribution in [2.75, 3.05) is 26.7 Å². The molecule has 4 nitrogen and oxygen atoms in total. The molecule has 1 aliphatic heterocycles. The molecule has 0 bridgehead atoms. The van der Waals surface area contributed by atoms with E-state index in [1.54, 1.807) is 0 Å². The number of furan rings is 1. The summed E-state index contributed by atoms with van der Waals surface area (Å²) in [5, 5.41) is 3.45. The van der Waals surface area contributed by atoms with Gasteiger partial charge in [0, 0.05) is 43.8 Å². The van der Waals surface area contributed by atoms with E-state index in [1.807, 2.05) is 0 Å². The molecular weight excluding hydrogens is 250 g/mol. The van der Waals surface area contributed by atoms with E-state index in [0.717, 1.165) is 44.2 Å². The van der Waals surface area contributed by atoms with E-state index in [2.05, 4.69) is 55.9 Å². The van der Waals surface area contributed by atoms with Crippen LogP contribution in [0.1, 0.15) is 37.9 Å². The normalized spacial score (nSPS) is 21.8. The van der Waals surface area contributed by atoms with Crippen LogP contribution < -0.4 is 5.32 Å². The van der Waals surface area contributed by atoms with Gasteiger partial charge in [0.05, 0.1) is 6.54 Å². The third kappa shape index (κ3) is 4.08. The maximum atomic E-state index is 5.93. The predicted octanol–water partition coefficient (Wildman–Crippen LogP) is 2.22. The summed E-state index contributed by atoms with van der Waals surface area (Å²) in [6.45, 7) is 13.9. The van der Waals surface area contributed by atoms with Crippen LogP contribution in [0, 0.1) is 6.92 Å². The highest BCUT2D eigenvalue weighted by atomic mass is 16.3. The summed E-state index contributed by atoms with van der Waals surface area (Å²) < 4.78 is 5.93. The Kier molecular flexibility index (Phi) is 5.24. The van der Waals surface area contributed by atoms with Crippen LogP contribution >= 0.6 is 0 Å². The minimum absolute atomic E-state index is 0.505. The van der Waals surface area contributed by atoms with Crippen molar-refractivity contribution >= 4 is 0 Å². The fourth-order valence-electron chi connectivity index (χ4n) is 2.77. The zero-order chi connectivity index (χ0) is 14.7. The summed E-state index contributed by atoms with van der Waals surface area (Å²) in [5.74, 6) is 2.15. The molecule has 0 aliphatic carbocycles. The van der Waals surface area contributed by atoms with Crippen LogP contribution in [0.3, 0.4) is 0 Å². The molecule has 1 unspecified atom stereocenters. The lowest BCUT2D eigenvalue weighted by molar-refractivity contribution is 0.0872. The van der Waals surface area contributed by atoms with Crippen molar-refractivity contribution in [3.05, 3.63) is 23.2 Å². The SMILES string of the molecule is Cc1oc(CN2CCN(C)CC2C)cc1CNC(C)C. The van der Waals surface area contributed by atoms with Gasteiger partial charge in [-0.1, -0.05) is 13.8 Å². The van der Waals surface area contributed by atoms with Crippen LogP contribution in [0.4, 0.5) is 0 Å². The van der Waals surface area contributed by atoms with Gasteiger partial charge in [0.2, 0.25) is 0 Å². The molecule has 1 fully saturated rings. The van der Waals surface area contributed by atoms with Crippen LogP contribution in [-0.2, 0) is 13.1 Å². The van der Waals surface area contributed by atoms with Gasteiger partial charge in [-0.05, 0) is 27.0 Å². The van der Waals surface area contributed by atoms with E-state index in [9.17, 15) is 0 Å². The highest BCUT2D eigenvalue weighted by Gasteiger charge is 2.22. The van der Waals surface area contributed by atoms with E-state index in [1.165, 1.54) is 5.56 Å². The van der Waals surface area contributed by atoms with Gasteiger partial charge in [0.25, 0.3) is 0 Å². The van der Waals surface area contributed by atoms with Gasteiger partial charge in [0.15, 0.2) is 0 Å². The second-order valence-electron chi connectivity index (χ2n) is 6.41. The first-order chi connectivity index (χ1) is 9.45. The second kappa shape index (κ2) is 6.74. The Morgan fingerprint density at radius 1 is 1.40 bits per heavy atom. The van der Waals surface area contributed by atoms with E-state index >= 15 is 0 Å². The molecule has 1 aromatic rings. The fraction of sp³-hybridized carbons (Fsp3) is 0.750. The highest BCUT2D eigenvalue weighted by molar-refractivity contribution is 5.20. The van der Waals surface area contributed by atoms with Gasteiger partial charge in [0.1, 0.15) is 11.5 Å². The molecule has 0 aromatic carbocycles. The second-order valence-corrected chi connectivity index (χ2v) is 6.41. The number of rotatable bonds is 5. The van der Waals surface area contributed by atoms with E-state index in [4.69, 9.17) is 4.42 Å². The zero-order valence-corrected chi connectivity index (χ0v) is 13.6. The summed E-state index contributed by atoms with van der Waals surface area (Å²) in [6.07, 6.45) is 0. The van der Waals surface area contributed by atoms with Crippen molar-refractivity contribution in [1.29, 1.82) is 0 Å². The third-order valence-electron chi connectivity index (χ3n) is 4.10. The fourth-order valence-corrected chi connectivity index (χ4v) is 2.77. The number of piperazine rings is 1. The lowest BCUT2D eigenvalue weighted by Crippen LogP contribution is -2.49. The number of hydrogen-bond donors (Lipinski definition) is 1. The van der Waals surface area contributed by atoms with Gasteiger partial charge in [-0.3, -0.25) is 4.90 Å². The molecule has 0 radical (unpaired) electrons. The highest BCUT2D eigenvalue weighted by Crippen LogP contribution is 2.19. The van der Waals surface area contributed by atoms with Crippen molar-refractivity contribution in [3.8, 4) is 0 Å². The average Bonchev–Trinajstić information content (AvgIpc) is 2.71. The van der Waals surface area contributed by atoms with E-state index in [-0.39, 0.29) is 0 Å². The lowest BCUT2D eigenvalue weighted by Gasteiger charge is -2.37. The molecule has 20 heavy (non-hydrogen) atoms. The van der Waals surface area contributed by atoms with Crippen molar-refractivity contribution in [2.45, 2.75) is 52.9 Å². The topological polar surface area (TPSA) is 31.7 Å². The van der Waals surface area contributed by atoms with Crippen molar-refractivity contribution in [3.63, 3.8) is 0 Å². The van der Waals surface area contributed by atoms with Gasteiger partial charge in [-0.15, -0.1) is 0 Å². The number of hydrogen-bond acceptors (Lipinski definition) is 4. The number of nitrogens with zero attached hydrogens (tertiary/aromatic N) is 2. The first-order valence-electron chi connectivity index (χ1n) is 7.70. The first-order valence-corrected chi connectivity index (χ1v) is 7.70. The van der Waals surface area contributed by atoms with Gasteiger partial charge in [-0.25, -0.2) is 0 Å². The summed E-state index contributed by atoms with van der Waals surface area (Å²) in [6, 6.07) is 3.32. The monoisotopic (exact) mass is 279 g/mol. The summed E-state index contributed by atoms with van der Waals surface area (Å²) >= 11 is 0. The van der Waals surface area contributed by atoms with E-state index < -0.39 is 0 Å². The Morgan fingerprint density at radius 2 is 2.15 bits per heavy atom. The van der Waals surface area contributed by atoms with Crippen LogP contribution in [0.2, 0.25) is 0 Å². The summed E-state index contributed by atoms with van der Waals surface area (Å²) in [5.41, 5.74) is 1.29. The Hall–Kier alpha value is -0.840. The number of likely N-dealkylation sites (N-methyl/N-ethyl adjacent to an activating group) is 1. The van der Waals surface area contributed by atoms with Crippen molar-refractivity contribution in [2.24, 2.45) is 0 Å². The van der Waals surface area contributed by atoms with Gasteiger partial charge >= 0.3 is 0 Å². The number of nitrogens with one attached hydrogen (secondary N) is 1. The molecule has 0 amide bonds. The summed E-state index contributed by atoms with van der Waals surface area (Å²) in [7, 11) is 2.20. The quantitative estimate of drug-likeness (QED) is 0.895. The molecule has 114 valence electrons. The average molecular weight is 279 g/mol. The van der Waals surface area contributed by atoms with Gasteiger partial charge in [-0.2, -0.15) is 0 Å². The largest absolute Gasteiger partial charge is 0.465 e. The molecule has 1 N–H and O–H groups in total. The Balaban J connectivity index is 1.94. The minimum Gasteiger partial charge on any atom is -0.465 e. The van der Waals surface area contributed by atoms with Crippen molar-refractivity contribution < 1.29 is 4.42 Å². The molecule has 4 heteroatoms. The minimum atomic E-state index is 0.505. The standard InChI is InChI=1S/C16H29N3O/c1-12(2)17-9-15-8-16(20-14(15)4)11-19-7-6-18(5)10-13(19)3/h8,12-13,17H,6-7,9-11H2,1-5H3. The smallest absolute Gasteiger partial charge is 0.118 e. The molecule has 1 aromatic heterocycles. The van der Waals surface area contributed by atoms with Gasteiger partial charge < -0.3 is 14.6 Å². The van der Waals surface area contributed by atoms with Crippen LogP contribution in [-0.4, -0.2) is 48.6 Å². The molecule has 1 atom stereocenters. The summed E-state index contributed by atoms with van der Waals surface area (Å²) in [4.78, 5) is 4.91. The predicted molar refractivity (Wildman–Crippen MR) is 82.8 cm³/mol. The molecule has 2 heterocycles. The van der Waals surface area contributed by atoms with Crippen LogP contribution in [0.5, 0.6) is 0 Å².